The largest absolute Gasteiger partial charge is 0.404 e. The Bertz CT molecular complexity index is 914. The molecule has 1 N–H and O–H groups in total. The van der Waals surface area contributed by atoms with Crippen molar-refractivity contribution < 1.29 is 13.2 Å². The van der Waals surface area contributed by atoms with E-state index in [1.54, 1.807) is 24.3 Å². The molecule has 3 aromatic rings. The Morgan fingerprint density at radius 1 is 1.08 bits per heavy atom. The summed E-state index contributed by atoms with van der Waals surface area (Å²) in [6.07, 6.45) is 3.16. The Morgan fingerprint density at radius 2 is 1.92 bits per heavy atom. The lowest BCUT2D eigenvalue weighted by Gasteiger charge is -2.01. The number of nitrogens with one attached hydrogen (secondary N) is 1. The lowest BCUT2D eigenvalue weighted by Crippen LogP contribution is -1.91. The van der Waals surface area contributed by atoms with Crippen LogP contribution in [-0.4, -0.2) is 10.2 Å². The van der Waals surface area contributed by atoms with Gasteiger partial charge in [-0.25, -0.2) is 8.78 Å². The maximum atomic E-state index is 13.5. The minimum atomic E-state index is -0.414. The molecule has 3 rings (SSSR count). The first-order valence-electron chi connectivity index (χ1n) is 6.70. The normalized spacial score (nSPS) is 11.2. The first kappa shape index (κ1) is 16.6. The molecule has 0 aliphatic carbocycles. The summed E-state index contributed by atoms with van der Waals surface area (Å²) >= 11 is 9.00. The second-order valence-electron chi connectivity index (χ2n) is 4.70. The Hall–Kier alpha value is -2.25. The van der Waals surface area contributed by atoms with E-state index in [0.29, 0.717) is 15.7 Å². The molecule has 122 valence electrons. The molecule has 0 amide bonds. The third-order valence-electron chi connectivity index (χ3n) is 2.98. The van der Waals surface area contributed by atoms with Crippen LogP contribution in [0.3, 0.4) is 0 Å². The van der Waals surface area contributed by atoms with Crippen molar-refractivity contribution in [3.63, 3.8) is 0 Å². The van der Waals surface area contributed by atoms with E-state index in [9.17, 15) is 8.78 Å². The van der Waals surface area contributed by atoms with Gasteiger partial charge in [0.2, 0.25) is 5.89 Å². The van der Waals surface area contributed by atoms with Gasteiger partial charge in [0.1, 0.15) is 11.6 Å². The van der Waals surface area contributed by atoms with Crippen LogP contribution >= 0.6 is 27.5 Å². The third-order valence-corrected chi connectivity index (χ3v) is 3.95. The minimum absolute atomic E-state index is 0.113. The average Bonchev–Trinajstić information content (AvgIpc) is 2.98. The number of benzene rings is 2. The molecule has 0 aliphatic rings. The molecule has 4 nitrogen and oxygen atoms in total. The highest BCUT2D eigenvalue weighted by Crippen LogP contribution is 2.23. The summed E-state index contributed by atoms with van der Waals surface area (Å²) in [5.74, 6) is -0.607. The fraction of sp³-hybridized carbons (Fsp3) is 0. The maximum absolute atomic E-state index is 13.5. The van der Waals surface area contributed by atoms with Gasteiger partial charge in [0.05, 0.1) is 9.50 Å². The van der Waals surface area contributed by atoms with Crippen molar-refractivity contribution in [3.8, 4) is 0 Å². The quantitative estimate of drug-likeness (QED) is 0.599. The van der Waals surface area contributed by atoms with Gasteiger partial charge >= 0.3 is 6.01 Å². The summed E-state index contributed by atoms with van der Waals surface area (Å²) in [6.45, 7) is 0. The first-order chi connectivity index (χ1) is 11.5. The Labute approximate surface area is 149 Å². The predicted octanol–water partition coefficient (Wildman–Crippen LogP) is 5.68. The van der Waals surface area contributed by atoms with E-state index in [1.165, 1.54) is 24.3 Å². The van der Waals surface area contributed by atoms with Gasteiger partial charge in [-0.1, -0.05) is 22.8 Å². The van der Waals surface area contributed by atoms with Crippen LogP contribution in [0.2, 0.25) is 5.02 Å². The number of anilines is 2. The van der Waals surface area contributed by atoms with Crippen LogP contribution in [0.1, 0.15) is 11.5 Å². The lowest BCUT2D eigenvalue weighted by molar-refractivity contribution is 0.560. The molecule has 0 atom stereocenters. The van der Waals surface area contributed by atoms with E-state index in [2.05, 4.69) is 31.4 Å². The smallest absolute Gasteiger partial charge is 0.320 e. The predicted molar refractivity (Wildman–Crippen MR) is 92.0 cm³/mol. The Morgan fingerprint density at radius 3 is 2.67 bits per heavy atom. The SMILES string of the molecule is Fc1ccc(/C=C/c2nnc(Nc3ccc(Br)c(F)c3)o2)c(Cl)c1. The van der Waals surface area contributed by atoms with Crippen molar-refractivity contribution in [2.75, 3.05) is 5.32 Å². The molecular formula is C16H9BrClF2N3O. The summed E-state index contributed by atoms with van der Waals surface area (Å²) in [6, 6.07) is 8.67. The van der Waals surface area contributed by atoms with Crippen molar-refractivity contribution in [1.29, 1.82) is 0 Å². The minimum Gasteiger partial charge on any atom is -0.404 e. The van der Waals surface area contributed by atoms with Crippen LogP contribution < -0.4 is 5.32 Å². The van der Waals surface area contributed by atoms with E-state index >= 15 is 0 Å². The fourth-order valence-electron chi connectivity index (χ4n) is 1.85. The van der Waals surface area contributed by atoms with Crippen LogP contribution in [0, 0.1) is 11.6 Å². The topological polar surface area (TPSA) is 51.0 Å². The first-order valence-corrected chi connectivity index (χ1v) is 7.87. The monoisotopic (exact) mass is 411 g/mol. The molecule has 0 fully saturated rings. The average molecular weight is 413 g/mol. The molecule has 0 unspecified atom stereocenters. The van der Waals surface area contributed by atoms with Crippen molar-refractivity contribution in [3.05, 3.63) is 69.0 Å². The van der Waals surface area contributed by atoms with E-state index in [-0.39, 0.29) is 16.9 Å². The zero-order chi connectivity index (χ0) is 17.1. The highest BCUT2D eigenvalue weighted by atomic mass is 79.9. The Balaban J connectivity index is 1.73. The maximum Gasteiger partial charge on any atom is 0.320 e. The van der Waals surface area contributed by atoms with Gasteiger partial charge in [-0.15, -0.1) is 5.10 Å². The summed E-state index contributed by atoms with van der Waals surface area (Å²) < 4.78 is 32.2. The second-order valence-corrected chi connectivity index (χ2v) is 5.96. The molecule has 0 saturated heterocycles. The van der Waals surface area contributed by atoms with Gasteiger partial charge in [0.25, 0.3) is 0 Å². The van der Waals surface area contributed by atoms with Gasteiger partial charge < -0.3 is 9.73 Å². The van der Waals surface area contributed by atoms with Gasteiger partial charge in [0.15, 0.2) is 0 Å². The third kappa shape index (κ3) is 3.98. The zero-order valence-corrected chi connectivity index (χ0v) is 14.3. The molecule has 1 heterocycles. The van der Waals surface area contributed by atoms with Crippen LogP contribution in [0.25, 0.3) is 12.2 Å². The van der Waals surface area contributed by atoms with E-state index in [4.69, 9.17) is 16.0 Å². The zero-order valence-electron chi connectivity index (χ0n) is 11.9. The molecule has 0 radical (unpaired) electrons. The fourth-order valence-corrected chi connectivity index (χ4v) is 2.32. The van der Waals surface area contributed by atoms with E-state index < -0.39 is 11.6 Å². The lowest BCUT2D eigenvalue weighted by atomic mass is 10.2. The molecule has 0 saturated carbocycles. The van der Waals surface area contributed by atoms with Gasteiger partial charge in [-0.2, -0.15) is 0 Å². The number of nitrogens with zero attached hydrogens (tertiary/aromatic N) is 2. The summed E-state index contributed by atoms with van der Waals surface area (Å²) in [7, 11) is 0. The van der Waals surface area contributed by atoms with Crippen LogP contribution in [-0.2, 0) is 0 Å². The summed E-state index contributed by atoms with van der Waals surface area (Å²) in [5, 5.41) is 10.7. The van der Waals surface area contributed by atoms with Gasteiger partial charge in [0, 0.05) is 11.8 Å². The molecule has 0 aliphatic heterocycles. The van der Waals surface area contributed by atoms with E-state index in [0.717, 1.165) is 0 Å². The van der Waals surface area contributed by atoms with Crippen LogP contribution in [0.5, 0.6) is 0 Å². The number of rotatable bonds is 4. The number of halogens is 4. The van der Waals surface area contributed by atoms with Crippen molar-refractivity contribution in [2.24, 2.45) is 0 Å². The molecule has 2 aromatic carbocycles. The molecule has 8 heteroatoms. The van der Waals surface area contributed by atoms with Gasteiger partial charge in [-0.05, 0) is 57.9 Å². The molecule has 0 bridgehead atoms. The summed E-state index contributed by atoms with van der Waals surface area (Å²) in [5.41, 5.74) is 1.08. The number of aromatic nitrogens is 2. The van der Waals surface area contributed by atoms with Crippen molar-refractivity contribution >= 4 is 51.4 Å². The van der Waals surface area contributed by atoms with Gasteiger partial charge in [-0.3, -0.25) is 0 Å². The highest BCUT2D eigenvalue weighted by Gasteiger charge is 2.06. The standard InChI is InChI=1S/C16H9BrClF2N3O/c17-12-5-4-11(8-14(12)20)21-16-23-22-15(24-16)6-2-9-1-3-10(19)7-13(9)18/h1-8H,(H,21,23)/b6-2+. The van der Waals surface area contributed by atoms with Crippen LogP contribution in [0.4, 0.5) is 20.5 Å². The molecule has 0 spiro atoms. The molecule has 24 heavy (non-hydrogen) atoms. The summed E-state index contributed by atoms with van der Waals surface area (Å²) in [4.78, 5) is 0. The second kappa shape index (κ2) is 7.11. The van der Waals surface area contributed by atoms with Crippen LogP contribution in [0.15, 0.2) is 45.3 Å². The number of hydrogen-bond donors (Lipinski definition) is 1. The highest BCUT2D eigenvalue weighted by molar-refractivity contribution is 9.10. The molecular weight excluding hydrogens is 404 g/mol. The van der Waals surface area contributed by atoms with Crippen molar-refractivity contribution in [1.82, 2.24) is 10.2 Å². The van der Waals surface area contributed by atoms with Crippen molar-refractivity contribution in [2.45, 2.75) is 0 Å². The number of hydrogen-bond acceptors (Lipinski definition) is 4. The Kier molecular flexibility index (Phi) is 4.92. The molecule has 1 aromatic heterocycles. The van der Waals surface area contributed by atoms with E-state index in [1.807, 2.05) is 0 Å².